The van der Waals surface area contributed by atoms with E-state index in [2.05, 4.69) is 53.8 Å². The number of carbonyl (C=O) groups is 1. The lowest BCUT2D eigenvalue weighted by atomic mass is 9.93. The Hall–Kier alpha value is -2.83. The first-order valence-corrected chi connectivity index (χ1v) is 10.6. The highest BCUT2D eigenvalue weighted by atomic mass is 16.5. The second-order valence-corrected chi connectivity index (χ2v) is 8.65. The number of benzene rings is 2. The summed E-state index contributed by atoms with van der Waals surface area (Å²) in [5, 5.41) is 1.27. The van der Waals surface area contributed by atoms with E-state index in [0.29, 0.717) is 17.7 Å². The number of carbonyl (C=O) groups excluding carboxylic acids is 1. The van der Waals surface area contributed by atoms with Gasteiger partial charge in [-0.05, 0) is 55.6 Å². The van der Waals surface area contributed by atoms with E-state index in [9.17, 15) is 4.79 Å². The fraction of sp³-hybridized carbons (Fsp3) is 0.400. The van der Waals surface area contributed by atoms with Crippen LogP contribution in [0.2, 0.25) is 0 Å². The zero-order valence-corrected chi connectivity index (χ0v) is 19.0. The Morgan fingerprint density at radius 3 is 2.45 bits per heavy atom. The van der Waals surface area contributed by atoms with Crippen LogP contribution in [-0.4, -0.2) is 60.7 Å². The van der Waals surface area contributed by atoms with Crippen LogP contribution in [0.15, 0.2) is 48.7 Å². The van der Waals surface area contributed by atoms with Crippen LogP contribution in [0, 0.1) is 0 Å². The number of hydrogen-bond acceptors (Lipinski definition) is 5. The standard InChI is InChI=1S/C25H31N3O3/c1-17(29)31-19-8-6-18(7-9-19)13-28-15-23(25(16-28)26(2)3)22-14-27(4)24-11-10-20(30-5)12-21(22)24/h6-12,14,23,25H,13,15-16H2,1-5H3/t23-,25+/m0/s1. The van der Waals surface area contributed by atoms with Crippen LogP contribution in [0.5, 0.6) is 11.5 Å². The molecule has 1 aromatic heterocycles. The minimum atomic E-state index is -0.296. The van der Waals surface area contributed by atoms with Crippen LogP contribution in [0.1, 0.15) is 24.0 Å². The lowest BCUT2D eigenvalue weighted by Gasteiger charge is -2.25. The summed E-state index contributed by atoms with van der Waals surface area (Å²) >= 11 is 0. The molecule has 2 aromatic carbocycles. The van der Waals surface area contributed by atoms with Crippen LogP contribution in [-0.2, 0) is 18.4 Å². The van der Waals surface area contributed by atoms with Crippen molar-refractivity contribution in [2.45, 2.75) is 25.4 Å². The number of methoxy groups -OCH3 is 1. The van der Waals surface area contributed by atoms with E-state index in [1.165, 1.54) is 29.0 Å². The summed E-state index contributed by atoms with van der Waals surface area (Å²) in [4.78, 5) is 16.0. The molecule has 0 radical (unpaired) electrons. The summed E-state index contributed by atoms with van der Waals surface area (Å²) in [5.41, 5.74) is 3.82. The van der Waals surface area contributed by atoms with Crippen molar-refractivity contribution in [3.63, 3.8) is 0 Å². The van der Waals surface area contributed by atoms with Crippen molar-refractivity contribution in [3.05, 3.63) is 59.8 Å². The Bertz CT molecular complexity index is 1070. The maximum atomic E-state index is 11.1. The molecular weight excluding hydrogens is 390 g/mol. The molecule has 0 spiro atoms. The molecule has 2 atom stereocenters. The summed E-state index contributed by atoms with van der Waals surface area (Å²) < 4.78 is 12.9. The highest BCUT2D eigenvalue weighted by Crippen LogP contribution is 2.37. The number of likely N-dealkylation sites (N-methyl/N-ethyl adjacent to an activating group) is 1. The number of fused-ring (bicyclic) bond motifs is 1. The lowest BCUT2D eigenvalue weighted by Crippen LogP contribution is -2.34. The van der Waals surface area contributed by atoms with Crippen molar-refractivity contribution in [2.24, 2.45) is 7.05 Å². The molecule has 0 unspecified atom stereocenters. The quantitative estimate of drug-likeness (QED) is 0.449. The number of ether oxygens (including phenoxy) is 2. The van der Waals surface area contributed by atoms with E-state index in [-0.39, 0.29) is 5.97 Å². The molecule has 1 fully saturated rings. The molecule has 6 heteroatoms. The van der Waals surface area contributed by atoms with E-state index >= 15 is 0 Å². The molecule has 31 heavy (non-hydrogen) atoms. The lowest BCUT2D eigenvalue weighted by molar-refractivity contribution is -0.131. The van der Waals surface area contributed by atoms with Gasteiger partial charge in [0.05, 0.1) is 7.11 Å². The zero-order chi connectivity index (χ0) is 22.1. The molecule has 4 rings (SSSR count). The van der Waals surface area contributed by atoms with Gasteiger partial charge in [0.2, 0.25) is 0 Å². The maximum Gasteiger partial charge on any atom is 0.308 e. The minimum Gasteiger partial charge on any atom is -0.497 e. The number of hydrogen-bond donors (Lipinski definition) is 0. The van der Waals surface area contributed by atoms with Crippen molar-refractivity contribution in [2.75, 3.05) is 34.3 Å². The highest BCUT2D eigenvalue weighted by Gasteiger charge is 2.36. The highest BCUT2D eigenvalue weighted by molar-refractivity contribution is 5.86. The van der Waals surface area contributed by atoms with E-state index in [1.54, 1.807) is 7.11 Å². The van der Waals surface area contributed by atoms with Crippen LogP contribution in [0.4, 0.5) is 0 Å². The van der Waals surface area contributed by atoms with Gasteiger partial charge in [-0.2, -0.15) is 0 Å². The predicted molar refractivity (Wildman–Crippen MR) is 123 cm³/mol. The van der Waals surface area contributed by atoms with Crippen molar-refractivity contribution >= 4 is 16.9 Å². The van der Waals surface area contributed by atoms with Gasteiger partial charge in [0.1, 0.15) is 11.5 Å². The monoisotopic (exact) mass is 421 g/mol. The van der Waals surface area contributed by atoms with Gasteiger partial charge in [0.15, 0.2) is 0 Å². The van der Waals surface area contributed by atoms with Gasteiger partial charge in [-0.25, -0.2) is 0 Å². The molecule has 0 saturated carbocycles. The van der Waals surface area contributed by atoms with Crippen LogP contribution in [0.25, 0.3) is 10.9 Å². The first-order valence-electron chi connectivity index (χ1n) is 10.6. The van der Waals surface area contributed by atoms with E-state index in [1.807, 2.05) is 30.3 Å². The first kappa shape index (κ1) is 21.4. The number of aromatic nitrogens is 1. The molecule has 0 N–H and O–H groups in total. The average molecular weight is 422 g/mol. The van der Waals surface area contributed by atoms with Gasteiger partial charge in [-0.15, -0.1) is 0 Å². The third-order valence-corrected chi connectivity index (χ3v) is 6.25. The fourth-order valence-electron chi connectivity index (χ4n) is 4.74. The Morgan fingerprint density at radius 2 is 1.81 bits per heavy atom. The average Bonchev–Trinajstić information content (AvgIpc) is 3.30. The first-order chi connectivity index (χ1) is 14.9. The summed E-state index contributed by atoms with van der Waals surface area (Å²) in [7, 11) is 8.17. The van der Waals surface area contributed by atoms with E-state index in [4.69, 9.17) is 9.47 Å². The van der Waals surface area contributed by atoms with Gasteiger partial charge in [0.25, 0.3) is 0 Å². The van der Waals surface area contributed by atoms with Crippen molar-refractivity contribution in [3.8, 4) is 11.5 Å². The molecule has 2 heterocycles. The third-order valence-electron chi connectivity index (χ3n) is 6.25. The Kier molecular flexibility index (Phi) is 6.03. The predicted octanol–water partition coefficient (Wildman–Crippen LogP) is 3.64. The molecule has 164 valence electrons. The smallest absolute Gasteiger partial charge is 0.308 e. The molecule has 0 amide bonds. The topological polar surface area (TPSA) is 46.9 Å². The Balaban J connectivity index is 1.58. The second-order valence-electron chi connectivity index (χ2n) is 8.65. The van der Waals surface area contributed by atoms with Gasteiger partial charge >= 0.3 is 5.97 Å². The molecule has 1 aliphatic rings. The number of esters is 1. The molecular formula is C25H31N3O3. The third kappa shape index (κ3) is 4.45. The normalized spacial score (nSPS) is 19.3. The Morgan fingerprint density at radius 1 is 1.10 bits per heavy atom. The van der Waals surface area contributed by atoms with E-state index < -0.39 is 0 Å². The van der Waals surface area contributed by atoms with E-state index in [0.717, 1.165) is 25.4 Å². The largest absolute Gasteiger partial charge is 0.497 e. The zero-order valence-electron chi connectivity index (χ0n) is 19.0. The van der Waals surface area contributed by atoms with Crippen molar-refractivity contribution < 1.29 is 14.3 Å². The number of rotatable bonds is 6. The van der Waals surface area contributed by atoms with Gasteiger partial charge in [0, 0.05) is 62.7 Å². The maximum absolute atomic E-state index is 11.1. The second kappa shape index (κ2) is 8.73. The number of likely N-dealkylation sites (tertiary alicyclic amines) is 1. The molecule has 0 bridgehead atoms. The SMILES string of the molecule is COc1ccc2c(c1)c([C@@H]1CN(Cc3ccc(OC(C)=O)cc3)C[C@H]1N(C)C)cn2C. The fourth-order valence-corrected chi connectivity index (χ4v) is 4.74. The summed E-state index contributed by atoms with van der Waals surface area (Å²) in [5.74, 6) is 1.59. The molecule has 6 nitrogen and oxygen atoms in total. The molecule has 1 aliphatic heterocycles. The summed E-state index contributed by atoms with van der Waals surface area (Å²) in [6.45, 7) is 4.28. The molecule has 0 aliphatic carbocycles. The molecule has 3 aromatic rings. The van der Waals surface area contributed by atoms with Crippen LogP contribution >= 0.6 is 0 Å². The van der Waals surface area contributed by atoms with Crippen LogP contribution in [0.3, 0.4) is 0 Å². The number of nitrogens with zero attached hydrogens (tertiary/aromatic N) is 3. The Labute approximate surface area is 184 Å². The molecule has 1 saturated heterocycles. The van der Waals surface area contributed by atoms with Crippen molar-refractivity contribution in [1.82, 2.24) is 14.4 Å². The van der Waals surface area contributed by atoms with Gasteiger partial charge in [-0.1, -0.05) is 12.1 Å². The summed E-state index contributed by atoms with van der Waals surface area (Å²) in [6.07, 6.45) is 2.28. The minimum absolute atomic E-state index is 0.296. The van der Waals surface area contributed by atoms with Crippen LogP contribution < -0.4 is 9.47 Å². The van der Waals surface area contributed by atoms with Crippen molar-refractivity contribution in [1.29, 1.82) is 0 Å². The summed E-state index contributed by atoms with van der Waals surface area (Å²) in [6, 6.07) is 14.6. The van der Waals surface area contributed by atoms with Gasteiger partial charge in [-0.3, -0.25) is 9.69 Å². The van der Waals surface area contributed by atoms with Gasteiger partial charge < -0.3 is 18.9 Å². The number of aryl methyl sites for hydroxylation is 1.